The molecule has 2 aromatic rings. The molecule has 0 unspecified atom stereocenters. The van der Waals surface area contributed by atoms with Gasteiger partial charge in [-0.2, -0.15) is 0 Å². The van der Waals surface area contributed by atoms with Crippen LogP contribution in [-0.2, 0) is 12.2 Å². The summed E-state index contributed by atoms with van der Waals surface area (Å²) in [5, 5.41) is 8.76. The summed E-state index contributed by atoms with van der Waals surface area (Å²) >= 11 is 7.25. The minimum absolute atomic E-state index is 0.323. The maximum atomic E-state index is 13.6. The Bertz CT molecular complexity index is 559. The van der Waals surface area contributed by atoms with Gasteiger partial charge in [-0.3, -0.25) is 0 Å². The van der Waals surface area contributed by atoms with Crippen molar-refractivity contribution in [1.29, 1.82) is 0 Å². The smallest absolute Gasteiger partial charge is 0.276 e. The first-order valence-electron chi connectivity index (χ1n) is 6.79. The molecule has 0 saturated carbocycles. The fourth-order valence-corrected chi connectivity index (χ4v) is 2.92. The number of rotatable bonds is 8. The minimum Gasteiger partial charge on any atom is -0.416 e. The quantitative estimate of drug-likeness (QED) is 0.589. The van der Waals surface area contributed by atoms with Crippen molar-refractivity contribution in [2.75, 3.05) is 6.54 Å². The van der Waals surface area contributed by atoms with Crippen molar-refractivity contribution >= 4 is 23.4 Å². The van der Waals surface area contributed by atoms with E-state index in [1.54, 1.807) is 12.1 Å². The van der Waals surface area contributed by atoms with Gasteiger partial charge in [0.1, 0.15) is 5.82 Å². The summed E-state index contributed by atoms with van der Waals surface area (Å²) in [6.45, 7) is 0.703. The third-order valence-electron chi connectivity index (χ3n) is 2.94. The summed E-state index contributed by atoms with van der Waals surface area (Å²) in [5.41, 5.74) is 5.89. The number of nitrogens with zero attached hydrogens (tertiary/aromatic N) is 2. The lowest BCUT2D eigenvalue weighted by atomic mass is 10.2. The molecule has 0 fully saturated rings. The molecule has 0 bridgehead atoms. The average molecular weight is 330 g/mol. The van der Waals surface area contributed by atoms with Crippen LogP contribution in [-0.4, -0.2) is 16.7 Å². The molecule has 2 rings (SSSR count). The van der Waals surface area contributed by atoms with Crippen LogP contribution in [0.3, 0.4) is 0 Å². The number of nitrogens with two attached hydrogens (primary N) is 1. The molecule has 0 atom stereocenters. The van der Waals surface area contributed by atoms with Gasteiger partial charge in [-0.25, -0.2) is 4.39 Å². The summed E-state index contributed by atoms with van der Waals surface area (Å²) in [5.74, 6) is 0.644. The average Bonchev–Trinajstić information content (AvgIpc) is 2.91. The topological polar surface area (TPSA) is 64.9 Å². The summed E-state index contributed by atoms with van der Waals surface area (Å²) < 4.78 is 19.1. The molecule has 1 heterocycles. The Balaban J connectivity index is 1.85. The van der Waals surface area contributed by atoms with E-state index in [9.17, 15) is 4.39 Å². The third-order valence-corrected chi connectivity index (χ3v) is 4.14. The van der Waals surface area contributed by atoms with Crippen LogP contribution in [0.4, 0.5) is 4.39 Å². The summed E-state index contributed by atoms with van der Waals surface area (Å²) in [6.07, 6.45) is 3.77. The largest absolute Gasteiger partial charge is 0.416 e. The van der Waals surface area contributed by atoms with E-state index in [0.717, 1.165) is 25.7 Å². The number of hydrogen-bond acceptors (Lipinski definition) is 5. The first-order valence-corrected chi connectivity index (χ1v) is 8.15. The van der Waals surface area contributed by atoms with Crippen LogP contribution in [0.1, 0.15) is 30.7 Å². The third kappa shape index (κ3) is 4.98. The molecule has 0 spiro atoms. The Kier molecular flexibility index (Phi) is 6.48. The molecule has 0 amide bonds. The zero-order valence-electron chi connectivity index (χ0n) is 11.5. The second-order valence-corrected chi connectivity index (χ2v) is 5.88. The van der Waals surface area contributed by atoms with Gasteiger partial charge in [-0.1, -0.05) is 35.9 Å². The van der Waals surface area contributed by atoms with Gasteiger partial charge in [0.25, 0.3) is 5.22 Å². The molecule has 7 heteroatoms. The predicted molar refractivity (Wildman–Crippen MR) is 81.9 cm³/mol. The summed E-state index contributed by atoms with van der Waals surface area (Å²) in [6, 6.07) is 4.63. The van der Waals surface area contributed by atoms with Gasteiger partial charge >= 0.3 is 0 Å². The Morgan fingerprint density at radius 2 is 2.10 bits per heavy atom. The van der Waals surface area contributed by atoms with Crippen molar-refractivity contribution in [3.8, 4) is 0 Å². The second kappa shape index (κ2) is 8.36. The molecule has 0 aliphatic carbocycles. The van der Waals surface area contributed by atoms with E-state index in [0.29, 0.717) is 34.0 Å². The van der Waals surface area contributed by atoms with Gasteiger partial charge in [-0.05, 0) is 31.5 Å². The monoisotopic (exact) mass is 329 g/mol. The van der Waals surface area contributed by atoms with Crippen molar-refractivity contribution in [3.05, 3.63) is 40.5 Å². The van der Waals surface area contributed by atoms with Crippen LogP contribution in [0, 0.1) is 5.82 Å². The van der Waals surface area contributed by atoms with Crippen LogP contribution < -0.4 is 5.73 Å². The highest BCUT2D eigenvalue weighted by Gasteiger charge is 2.11. The van der Waals surface area contributed by atoms with Crippen molar-refractivity contribution in [1.82, 2.24) is 10.2 Å². The molecule has 1 aromatic carbocycles. The van der Waals surface area contributed by atoms with Gasteiger partial charge in [0.05, 0.1) is 0 Å². The van der Waals surface area contributed by atoms with E-state index in [4.69, 9.17) is 21.8 Å². The van der Waals surface area contributed by atoms with E-state index in [1.807, 2.05) is 0 Å². The number of thioether (sulfide) groups is 1. The highest BCUT2D eigenvalue weighted by molar-refractivity contribution is 7.98. The standard InChI is InChI=1S/C14H17ClFN3OS/c15-11-5-4-6-12(16)10(11)9-21-14-19-18-13(20-14)7-2-1-3-8-17/h4-6H,1-3,7-9,17H2. The van der Waals surface area contributed by atoms with Crippen molar-refractivity contribution < 1.29 is 8.81 Å². The number of unbranched alkanes of at least 4 members (excludes halogenated alkanes) is 2. The van der Waals surface area contributed by atoms with Crippen molar-refractivity contribution in [3.63, 3.8) is 0 Å². The molecule has 0 saturated heterocycles. The van der Waals surface area contributed by atoms with Gasteiger partial charge in [-0.15, -0.1) is 10.2 Å². The van der Waals surface area contributed by atoms with E-state index in [1.165, 1.54) is 17.8 Å². The van der Waals surface area contributed by atoms with Crippen LogP contribution in [0.15, 0.2) is 27.8 Å². The molecule has 0 radical (unpaired) electrons. The lowest BCUT2D eigenvalue weighted by molar-refractivity contribution is 0.407. The zero-order chi connectivity index (χ0) is 15.1. The highest BCUT2D eigenvalue weighted by Crippen LogP contribution is 2.27. The van der Waals surface area contributed by atoms with Gasteiger partial charge in [0.2, 0.25) is 5.89 Å². The summed E-state index contributed by atoms with van der Waals surface area (Å²) in [4.78, 5) is 0. The van der Waals surface area contributed by atoms with Gasteiger partial charge < -0.3 is 10.2 Å². The molecule has 0 aliphatic rings. The number of aromatic nitrogens is 2. The van der Waals surface area contributed by atoms with Gasteiger partial charge in [0, 0.05) is 22.8 Å². The predicted octanol–water partition coefficient (Wildman–Crippen LogP) is 3.83. The minimum atomic E-state index is -0.323. The molecular weight excluding hydrogens is 313 g/mol. The normalized spacial score (nSPS) is 11.0. The summed E-state index contributed by atoms with van der Waals surface area (Å²) in [7, 11) is 0. The number of benzene rings is 1. The molecule has 21 heavy (non-hydrogen) atoms. The molecular formula is C14H17ClFN3OS. The number of halogens is 2. The Morgan fingerprint density at radius 1 is 1.24 bits per heavy atom. The lowest BCUT2D eigenvalue weighted by Gasteiger charge is -2.02. The Labute approximate surface area is 132 Å². The second-order valence-electron chi connectivity index (χ2n) is 4.55. The van der Waals surface area contributed by atoms with E-state index < -0.39 is 0 Å². The zero-order valence-corrected chi connectivity index (χ0v) is 13.1. The van der Waals surface area contributed by atoms with Crippen LogP contribution in [0.5, 0.6) is 0 Å². The molecule has 0 aliphatic heterocycles. The fourth-order valence-electron chi connectivity index (χ4n) is 1.80. The SMILES string of the molecule is NCCCCCc1nnc(SCc2c(F)cccc2Cl)o1. The fraction of sp³-hybridized carbons (Fsp3) is 0.429. The number of aryl methyl sites for hydroxylation is 1. The molecule has 1 aromatic heterocycles. The van der Waals surface area contributed by atoms with Crippen LogP contribution in [0.25, 0.3) is 0 Å². The first-order chi connectivity index (χ1) is 10.2. The maximum absolute atomic E-state index is 13.6. The van der Waals surface area contributed by atoms with E-state index >= 15 is 0 Å². The first kappa shape index (κ1) is 16.3. The molecule has 114 valence electrons. The van der Waals surface area contributed by atoms with Crippen LogP contribution in [0.2, 0.25) is 5.02 Å². The van der Waals surface area contributed by atoms with Crippen molar-refractivity contribution in [2.45, 2.75) is 36.7 Å². The maximum Gasteiger partial charge on any atom is 0.276 e. The molecule has 4 nitrogen and oxygen atoms in total. The Morgan fingerprint density at radius 3 is 2.86 bits per heavy atom. The van der Waals surface area contributed by atoms with Crippen LogP contribution >= 0.6 is 23.4 Å². The molecule has 2 N–H and O–H groups in total. The highest BCUT2D eigenvalue weighted by atomic mass is 35.5. The van der Waals surface area contributed by atoms with E-state index in [-0.39, 0.29) is 5.82 Å². The number of hydrogen-bond donors (Lipinski definition) is 1. The lowest BCUT2D eigenvalue weighted by Crippen LogP contribution is -1.98. The Hall–Kier alpha value is -1.11. The van der Waals surface area contributed by atoms with Crippen molar-refractivity contribution in [2.24, 2.45) is 5.73 Å². The van der Waals surface area contributed by atoms with E-state index in [2.05, 4.69) is 10.2 Å². The van der Waals surface area contributed by atoms with Gasteiger partial charge in [0.15, 0.2) is 0 Å².